The second-order valence-electron chi connectivity index (χ2n) is 7.65. The zero-order valence-electron chi connectivity index (χ0n) is 15.9. The fourth-order valence-electron chi connectivity index (χ4n) is 4.74. The lowest BCUT2D eigenvalue weighted by molar-refractivity contribution is 0.0459. The van der Waals surface area contributed by atoms with Gasteiger partial charge >= 0.3 is 0 Å². The molecule has 27 heavy (non-hydrogen) atoms. The van der Waals surface area contributed by atoms with Crippen molar-refractivity contribution < 1.29 is 9.53 Å². The van der Waals surface area contributed by atoms with Gasteiger partial charge in [0.05, 0.1) is 5.52 Å². The van der Waals surface area contributed by atoms with Crippen LogP contribution in [0.4, 0.5) is 0 Å². The molecule has 1 atom stereocenters. The minimum absolute atomic E-state index is 0.0709. The van der Waals surface area contributed by atoms with Crippen molar-refractivity contribution in [2.24, 2.45) is 7.05 Å². The van der Waals surface area contributed by atoms with Crippen LogP contribution in [0.1, 0.15) is 45.7 Å². The number of rotatable bonds is 1. The molecule has 5 nitrogen and oxygen atoms in total. The minimum Gasteiger partial charge on any atom is -0.480 e. The largest absolute Gasteiger partial charge is 0.480 e. The molecular weight excluding hydrogens is 338 g/mol. The van der Waals surface area contributed by atoms with Crippen molar-refractivity contribution >= 4 is 16.9 Å². The Morgan fingerprint density at radius 3 is 2.85 bits per heavy atom. The second kappa shape index (κ2) is 5.59. The summed E-state index contributed by atoms with van der Waals surface area (Å²) < 4.78 is 8.79. The van der Waals surface area contributed by atoms with Crippen LogP contribution in [-0.2, 0) is 25.5 Å². The van der Waals surface area contributed by atoms with E-state index in [-0.39, 0.29) is 11.5 Å². The van der Waals surface area contributed by atoms with Crippen molar-refractivity contribution in [2.45, 2.75) is 38.2 Å². The first-order valence-corrected chi connectivity index (χ1v) is 9.52. The molecule has 1 unspecified atom stereocenters. The Morgan fingerprint density at radius 2 is 2.04 bits per heavy atom. The molecular formula is C22H23N3O2. The van der Waals surface area contributed by atoms with E-state index in [2.05, 4.69) is 29.6 Å². The molecule has 2 aromatic carbocycles. The average Bonchev–Trinajstić information content (AvgIpc) is 3.19. The Bertz CT molecular complexity index is 1100. The predicted octanol–water partition coefficient (Wildman–Crippen LogP) is 3.41. The fraction of sp³-hybridized carbons (Fsp3) is 0.364. The number of benzene rings is 2. The molecule has 0 radical (unpaired) electrons. The van der Waals surface area contributed by atoms with Gasteiger partial charge in [-0.15, -0.1) is 0 Å². The quantitative estimate of drug-likeness (QED) is 0.723. The fourth-order valence-corrected chi connectivity index (χ4v) is 4.74. The van der Waals surface area contributed by atoms with Crippen molar-refractivity contribution in [1.82, 2.24) is 14.9 Å². The summed E-state index contributed by atoms with van der Waals surface area (Å²) >= 11 is 0. The minimum atomic E-state index is -0.302. The van der Waals surface area contributed by atoms with Gasteiger partial charge < -0.3 is 14.6 Å². The molecule has 0 saturated heterocycles. The number of nitrogens with zero attached hydrogens (tertiary/aromatic N) is 2. The summed E-state index contributed by atoms with van der Waals surface area (Å²) in [6.45, 7) is 1.98. The highest BCUT2D eigenvalue weighted by atomic mass is 16.5. The highest BCUT2D eigenvalue weighted by Crippen LogP contribution is 2.50. The average molecular weight is 361 g/mol. The number of imidazole rings is 1. The van der Waals surface area contributed by atoms with E-state index >= 15 is 0 Å². The molecule has 138 valence electrons. The van der Waals surface area contributed by atoms with Crippen LogP contribution in [0, 0.1) is 6.92 Å². The van der Waals surface area contributed by atoms with Crippen LogP contribution in [0.5, 0.6) is 5.75 Å². The Morgan fingerprint density at radius 1 is 1.26 bits per heavy atom. The summed E-state index contributed by atoms with van der Waals surface area (Å²) in [5.74, 6) is 1.63. The van der Waals surface area contributed by atoms with E-state index in [1.165, 1.54) is 11.1 Å². The number of nitrogens with one attached hydrogen (secondary N) is 1. The number of carbonyl (C=O) groups is 1. The zero-order valence-corrected chi connectivity index (χ0v) is 15.9. The van der Waals surface area contributed by atoms with E-state index in [9.17, 15) is 4.79 Å². The lowest BCUT2D eigenvalue weighted by atomic mass is 9.84. The van der Waals surface area contributed by atoms with Crippen LogP contribution in [-0.4, -0.2) is 22.5 Å². The predicted molar refractivity (Wildman–Crippen MR) is 104 cm³/mol. The highest BCUT2D eigenvalue weighted by Gasteiger charge is 2.44. The van der Waals surface area contributed by atoms with Gasteiger partial charge in [0.1, 0.15) is 16.9 Å². The zero-order chi connectivity index (χ0) is 18.8. The van der Waals surface area contributed by atoms with E-state index in [1.807, 2.05) is 24.6 Å². The van der Waals surface area contributed by atoms with Crippen molar-refractivity contribution in [3.05, 3.63) is 58.4 Å². The van der Waals surface area contributed by atoms with Gasteiger partial charge in [0.25, 0.3) is 5.91 Å². The number of fused-ring (bicyclic) bond motifs is 5. The summed E-state index contributed by atoms with van der Waals surface area (Å²) in [5.41, 5.74) is 5.84. The Labute approximate surface area is 158 Å². The van der Waals surface area contributed by atoms with Gasteiger partial charge in [0.15, 0.2) is 5.75 Å². The van der Waals surface area contributed by atoms with Crippen molar-refractivity contribution in [2.75, 3.05) is 7.05 Å². The standard InChI is InChI=1S/C22H23N3O2/c1-13-24-19-18(25(13)3)12-16(21(26)23-2)15-9-11-22(27-20(15)19)10-8-14-6-4-5-7-17(14)22/h4-7,12H,8-11H2,1-3H3,(H,23,26). The van der Waals surface area contributed by atoms with Crippen molar-refractivity contribution in [3.63, 3.8) is 0 Å². The van der Waals surface area contributed by atoms with Gasteiger partial charge in [-0.05, 0) is 49.8 Å². The van der Waals surface area contributed by atoms with Crippen molar-refractivity contribution in [3.8, 4) is 5.75 Å². The van der Waals surface area contributed by atoms with Gasteiger partial charge in [-0.3, -0.25) is 4.79 Å². The third-order valence-corrected chi connectivity index (χ3v) is 6.31. The van der Waals surface area contributed by atoms with Crippen LogP contribution in [0.25, 0.3) is 11.0 Å². The smallest absolute Gasteiger partial charge is 0.251 e. The third kappa shape index (κ3) is 2.17. The van der Waals surface area contributed by atoms with Crippen LogP contribution in [0.15, 0.2) is 30.3 Å². The number of hydrogen-bond donors (Lipinski definition) is 1. The molecule has 2 aliphatic rings. The van der Waals surface area contributed by atoms with Gasteiger partial charge in [0.2, 0.25) is 0 Å². The van der Waals surface area contributed by atoms with Gasteiger partial charge in [-0.1, -0.05) is 24.3 Å². The normalized spacial score (nSPS) is 20.4. The molecule has 2 heterocycles. The highest BCUT2D eigenvalue weighted by molar-refractivity contribution is 6.01. The van der Waals surface area contributed by atoms with E-state index in [0.717, 1.165) is 53.9 Å². The van der Waals surface area contributed by atoms with Crippen LogP contribution in [0.3, 0.4) is 0 Å². The molecule has 3 aromatic rings. The molecule has 0 saturated carbocycles. The lowest BCUT2D eigenvalue weighted by Crippen LogP contribution is -2.36. The molecule has 1 amide bonds. The van der Waals surface area contributed by atoms with Crippen LogP contribution < -0.4 is 10.1 Å². The maximum absolute atomic E-state index is 12.6. The molecule has 5 heteroatoms. The van der Waals surface area contributed by atoms with Crippen molar-refractivity contribution in [1.29, 1.82) is 0 Å². The van der Waals surface area contributed by atoms with E-state index in [1.54, 1.807) is 7.05 Å². The first-order chi connectivity index (χ1) is 13.0. The number of aryl methyl sites for hydroxylation is 3. The second-order valence-corrected chi connectivity index (χ2v) is 7.65. The SMILES string of the molecule is CNC(=O)c1cc2c(nc(C)n2C)c2c1CCC1(CCc3ccccc31)O2. The molecule has 5 rings (SSSR count). The number of aromatic nitrogens is 2. The number of amides is 1. The number of ether oxygens (including phenoxy) is 1. The Balaban J connectivity index is 1.75. The van der Waals surface area contributed by atoms with Gasteiger partial charge in [-0.25, -0.2) is 4.98 Å². The Hall–Kier alpha value is -2.82. The number of hydrogen-bond acceptors (Lipinski definition) is 3. The first-order valence-electron chi connectivity index (χ1n) is 9.52. The molecule has 1 aliphatic heterocycles. The summed E-state index contributed by atoms with van der Waals surface area (Å²) in [5, 5.41) is 2.77. The molecule has 1 N–H and O–H groups in total. The third-order valence-electron chi connectivity index (χ3n) is 6.31. The molecule has 1 aromatic heterocycles. The summed E-state index contributed by atoms with van der Waals surface area (Å²) in [6.07, 6.45) is 3.71. The van der Waals surface area contributed by atoms with Gasteiger partial charge in [-0.2, -0.15) is 0 Å². The molecule has 1 aliphatic carbocycles. The van der Waals surface area contributed by atoms with E-state index in [4.69, 9.17) is 9.72 Å². The summed E-state index contributed by atoms with van der Waals surface area (Å²) in [7, 11) is 3.65. The summed E-state index contributed by atoms with van der Waals surface area (Å²) in [4.78, 5) is 17.3. The van der Waals surface area contributed by atoms with Gasteiger partial charge in [0, 0.05) is 25.2 Å². The number of carbonyl (C=O) groups excluding carboxylic acids is 1. The monoisotopic (exact) mass is 361 g/mol. The maximum Gasteiger partial charge on any atom is 0.251 e. The summed E-state index contributed by atoms with van der Waals surface area (Å²) in [6, 6.07) is 10.5. The molecule has 1 spiro atoms. The molecule has 0 fully saturated rings. The van der Waals surface area contributed by atoms with E-state index < -0.39 is 0 Å². The first kappa shape index (κ1) is 16.4. The topological polar surface area (TPSA) is 56.2 Å². The Kier molecular flexibility index (Phi) is 3.39. The maximum atomic E-state index is 12.6. The molecule has 0 bridgehead atoms. The van der Waals surface area contributed by atoms with Crippen LogP contribution >= 0.6 is 0 Å². The van der Waals surface area contributed by atoms with Crippen LogP contribution in [0.2, 0.25) is 0 Å². The van der Waals surface area contributed by atoms with E-state index in [0.29, 0.717) is 5.56 Å². The lowest BCUT2D eigenvalue weighted by Gasteiger charge is -2.37.